The summed E-state index contributed by atoms with van der Waals surface area (Å²) in [6.07, 6.45) is -2.73. The first-order chi connectivity index (χ1) is 9.80. The molecule has 0 radical (unpaired) electrons. The molecule has 2 rings (SSSR count). The molecule has 0 aliphatic carbocycles. The van der Waals surface area contributed by atoms with Crippen molar-refractivity contribution < 1.29 is 13.2 Å². The lowest BCUT2D eigenvalue weighted by molar-refractivity contribution is -0.152. The number of rotatable bonds is 4. The summed E-state index contributed by atoms with van der Waals surface area (Å²) in [4.78, 5) is 3.66. The second-order valence-electron chi connectivity index (χ2n) is 6.03. The Kier molecular flexibility index (Phi) is 4.94. The van der Waals surface area contributed by atoms with E-state index in [1.54, 1.807) is 4.90 Å². The van der Waals surface area contributed by atoms with E-state index in [0.29, 0.717) is 19.4 Å². The molecule has 118 valence electrons. The van der Waals surface area contributed by atoms with E-state index in [4.69, 9.17) is 0 Å². The maximum atomic E-state index is 12.7. The predicted molar refractivity (Wildman–Crippen MR) is 78.2 cm³/mol. The normalized spacial score (nSPS) is 19.9. The molecule has 0 spiro atoms. The van der Waals surface area contributed by atoms with Crippen molar-refractivity contribution in [2.45, 2.75) is 38.5 Å². The summed E-state index contributed by atoms with van der Waals surface area (Å²) in [6.45, 7) is 2.48. The molecular formula is C16H23F3N2. The summed E-state index contributed by atoms with van der Waals surface area (Å²) < 4.78 is 38.1. The van der Waals surface area contributed by atoms with E-state index in [0.717, 1.165) is 12.1 Å². The molecule has 0 saturated carbocycles. The molecule has 0 saturated heterocycles. The lowest BCUT2D eigenvalue weighted by atomic mass is 9.89. The highest BCUT2D eigenvalue weighted by atomic mass is 19.4. The van der Waals surface area contributed by atoms with Gasteiger partial charge >= 0.3 is 6.18 Å². The minimum atomic E-state index is -4.13. The van der Waals surface area contributed by atoms with Crippen LogP contribution in [0, 0.1) is 0 Å². The molecule has 0 amide bonds. The van der Waals surface area contributed by atoms with Gasteiger partial charge in [-0.2, -0.15) is 13.2 Å². The summed E-state index contributed by atoms with van der Waals surface area (Å²) in [5, 5.41) is 0. The number of hydrogen-bond donors (Lipinski definition) is 0. The molecule has 0 N–H and O–H groups in total. The van der Waals surface area contributed by atoms with E-state index in [1.165, 1.54) is 11.1 Å². The second kappa shape index (κ2) is 6.36. The van der Waals surface area contributed by atoms with E-state index in [1.807, 2.05) is 33.2 Å². The zero-order valence-corrected chi connectivity index (χ0v) is 12.9. The Morgan fingerprint density at radius 2 is 2.00 bits per heavy atom. The van der Waals surface area contributed by atoms with Crippen molar-refractivity contribution in [2.75, 3.05) is 27.2 Å². The number of alkyl halides is 3. The minimum absolute atomic E-state index is 0.121. The Morgan fingerprint density at radius 1 is 1.29 bits per heavy atom. The Bertz CT molecular complexity index is 483. The third-order valence-corrected chi connectivity index (χ3v) is 3.94. The largest absolute Gasteiger partial charge is 0.401 e. The molecule has 5 heteroatoms. The maximum absolute atomic E-state index is 12.7. The van der Waals surface area contributed by atoms with Crippen LogP contribution in [0.1, 0.15) is 36.1 Å². The Balaban J connectivity index is 2.22. The summed E-state index contributed by atoms with van der Waals surface area (Å²) in [5.41, 5.74) is 3.49. The van der Waals surface area contributed by atoms with Gasteiger partial charge in [0.15, 0.2) is 0 Å². The molecule has 0 fully saturated rings. The van der Waals surface area contributed by atoms with Crippen LogP contribution in [0.4, 0.5) is 13.2 Å². The van der Waals surface area contributed by atoms with E-state index in [2.05, 4.69) is 11.0 Å². The SMILES string of the molecule is CCC1c2ccc(CN(C)C)cc2CCN1CC(F)(F)F. The highest BCUT2D eigenvalue weighted by Crippen LogP contribution is 2.34. The van der Waals surface area contributed by atoms with Crippen molar-refractivity contribution in [3.8, 4) is 0 Å². The van der Waals surface area contributed by atoms with Gasteiger partial charge in [-0.15, -0.1) is 0 Å². The fraction of sp³-hybridized carbons (Fsp3) is 0.625. The average Bonchev–Trinajstić information content (AvgIpc) is 2.36. The molecular weight excluding hydrogens is 277 g/mol. The van der Waals surface area contributed by atoms with Crippen molar-refractivity contribution in [1.82, 2.24) is 9.80 Å². The molecule has 0 aromatic heterocycles. The number of halogens is 3. The lowest BCUT2D eigenvalue weighted by Crippen LogP contribution is -2.41. The second-order valence-corrected chi connectivity index (χ2v) is 6.03. The van der Waals surface area contributed by atoms with Crippen LogP contribution in [0.5, 0.6) is 0 Å². The van der Waals surface area contributed by atoms with Crippen molar-refractivity contribution >= 4 is 0 Å². The van der Waals surface area contributed by atoms with Crippen LogP contribution in [0.3, 0.4) is 0 Å². The Labute approximate surface area is 124 Å². The minimum Gasteiger partial charge on any atom is -0.305 e. The van der Waals surface area contributed by atoms with Gasteiger partial charge in [0, 0.05) is 19.1 Å². The fourth-order valence-electron chi connectivity index (χ4n) is 3.18. The van der Waals surface area contributed by atoms with Gasteiger partial charge in [-0.1, -0.05) is 25.1 Å². The molecule has 1 aromatic rings. The fourth-order valence-corrected chi connectivity index (χ4v) is 3.18. The monoisotopic (exact) mass is 300 g/mol. The first-order valence-corrected chi connectivity index (χ1v) is 7.37. The molecule has 1 aliphatic rings. The van der Waals surface area contributed by atoms with E-state index >= 15 is 0 Å². The zero-order valence-electron chi connectivity index (χ0n) is 12.9. The quantitative estimate of drug-likeness (QED) is 0.838. The first kappa shape index (κ1) is 16.3. The molecule has 2 nitrogen and oxygen atoms in total. The predicted octanol–water partition coefficient (Wildman–Crippen LogP) is 3.62. The van der Waals surface area contributed by atoms with Crippen molar-refractivity contribution in [1.29, 1.82) is 0 Å². The summed E-state index contributed by atoms with van der Waals surface area (Å²) >= 11 is 0. The Morgan fingerprint density at radius 3 is 2.57 bits per heavy atom. The van der Waals surface area contributed by atoms with E-state index < -0.39 is 12.7 Å². The van der Waals surface area contributed by atoms with Crippen LogP contribution in [0.2, 0.25) is 0 Å². The van der Waals surface area contributed by atoms with Gasteiger partial charge in [-0.25, -0.2) is 0 Å². The molecule has 1 heterocycles. The standard InChI is InChI=1S/C16H23F3N2/c1-4-15-14-6-5-12(10-20(2)3)9-13(14)7-8-21(15)11-16(17,18)19/h5-6,9,15H,4,7-8,10-11H2,1-3H3. The topological polar surface area (TPSA) is 6.48 Å². The van der Waals surface area contributed by atoms with Gasteiger partial charge in [-0.3, -0.25) is 4.90 Å². The number of hydrogen-bond acceptors (Lipinski definition) is 2. The summed E-state index contributed by atoms with van der Waals surface area (Å²) in [5.74, 6) is 0. The zero-order chi connectivity index (χ0) is 15.6. The van der Waals surface area contributed by atoms with Crippen LogP contribution in [0.25, 0.3) is 0 Å². The van der Waals surface area contributed by atoms with E-state index in [9.17, 15) is 13.2 Å². The molecule has 1 unspecified atom stereocenters. The van der Waals surface area contributed by atoms with Crippen LogP contribution >= 0.6 is 0 Å². The third-order valence-electron chi connectivity index (χ3n) is 3.94. The van der Waals surface area contributed by atoms with Crippen LogP contribution in [-0.4, -0.2) is 43.2 Å². The van der Waals surface area contributed by atoms with Crippen molar-refractivity contribution in [3.05, 3.63) is 34.9 Å². The van der Waals surface area contributed by atoms with Gasteiger partial charge in [0.25, 0.3) is 0 Å². The van der Waals surface area contributed by atoms with Crippen LogP contribution in [-0.2, 0) is 13.0 Å². The highest BCUT2D eigenvalue weighted by molar-refractivity contribution is 5.36. The first-order valence-electron chi connectivity index (χ1n) is 7.37. The maximum Gasteiger partial charge on any atom is 0.401 e. The number of fused-ring (bicyclic) bond motifs is 1. The molecule has 1 aromatic carbocycles. The van der Waals surface area contributed by atoms with Gasteiger partial charge in [0.1, 0.15) is 0 Å². The van der Waals surface area contributed by atoms with Crippen molar-refractivity contribution in [2.24, 2.45) is 0 Å². The average molecular weight is 300 g/mol. The molecule has 1 atom stereocenters. The van der Waals surface area contributed by atoms with Crippen LogP contribution in [0.15, 0.2) is 18.2 Å². The summed E-state index contributed by atoms with van der Waals surface area (Å²) in [7, 11) is 4.03. The van der Waals surface area contributed by atoms with Gasteiger partial charge < -0.3 is 4.90 Å². The van der Waals surface area contributed by atoms with Crippen molar-refractivity contribution in [3.63, 3.8) is 0 Å². The number of nitrogens with zero attached hydrogens (tertiary/aromatic N) is 2. The smallest absolute Gasteiger partial charge is 0.305 e. The number of benzene rings is 1. The van der Waals surface area contributed by atoms with Crippen LogP contribution < -0.4 is 0 Å². The molecule has 0 bridgehead atoms. The third kappa shape index (κ3) is 4.20. The molecule has 21 heavy (non-hydrogen) atoms. The lowest BCUT2D eigenvalue weighted by Gasteiger charge is -2.37. The van der Waals surface area contributed by atoms with Gasteiger partial charge in [0.05, 0.1) is 6.54 Å². The molecule has 1 aliphatic heterocycles. The van der Waals surface area contributed by atoms with Gasteiger partial charge in [0.2, 0.25) is 0 Å². The van der Waals surface area contributed by atoms with Gasteiger partial charge in [-0.05, 0) is 43.6 Å². The summed E-state index contributed by atoms with van der Waals surface area (Å²) in [6, 6.07) is 6.09. The highest BCUT2D eigenvalue weighted by Gasteiger charge is 2.36. The van der Waals surface area contributed by atoms with E-state index in [-0.39, 0.29) is 6.04 Å². The Hall–Kier alpha value is -1.07.